The molecule has 0 bridgehead atoms. The van der Waals surface area contributed by atoms with Crippen LogP contribution in [0.3, 0.4) is 0 Å². The Kier molecular flexibility index (Phi) is 4.09. The van der Waals surface area contributed by atoms with E-state index in [-0.39, 0.29) is 0 Å². The minimum absolute atomic E-state index is 0.464. The third-order valence-electron chi connectivity index (χ3n) is 3.79. The molecule has 0 amide bonds. The molecule has 2 aromatic heterocycles. The number of anilines is 1. The lowest BCUT2D eigenvalue weighted by Gasteiger charge is -2.21. The Labute approximate surface area is 133 Å². The number of hydrogen-bond donors (Lipinski definition) is 2. The first-order valence-electron chi connectivity index (χ1n) is 7.35. The minimum Gasteiger partial charge on any atom is -0.388 e. The minimum atomic E-state index is -0.741. The van der Waals surface area contributed by atoms with Gasteiger partial charge in [-0.05, 0) is 25.0 Å². The number of thiophene rings is 1. The zero-order valence-electron chi connectivity index (χ0n) is 12.7. The van der Waals surface area contributed by atoms with E-state index >= 15 is 0 Å². The van der Waals surface area contributed by atoms with Gasteiger partial charge in [0.15, 0.2) is 0 Å². The van der Waals surface area contributed by atoms with E-state index in [2.05, 4.69) is 33.5 Å². The second kappa shape index (κ2) is 6.02. The van der Waals surface area contributed by atoms with Gasteiger partial charge < -0.3 is 10.4 Å². The molecule has 1 atom stereocenters. The van der Waals surface area contributed by atoms with Crippen LogP contribution in [0, 0.1) is 0 Å². The van der Waals surface area contributed by atoms with Gasteiger partial charge in [-0.15, -0.1) is 11.3 Å². The van der Waals surface area contributed by atoms with Crippen LogP contribution in [0.1, 0.15) is 20.3 Å². The summed E-state index contributed by atoms with van der Waals surface area (Å²) in [5.41, 5.74) is 0.437. The number of aliphatic hydroxyl groups is 1. The van der Waals surface area contributed by atoms with Gasteiger partial charge in [-0.25, -0.2) is 9.97 Å². The van der Waals surface area contributed by atoms with E-state index in [0.29, 0.717) is 13.0 Å². The zero-order valence-corrected chi connectivity index (χ0v) is 13.5. The Morgan fingerprint density at radius 1 is 1.23 bits per heavy atom. The second-order valence-corrected chi connectivity index (χ2v) is 6.65. The van der Waals surface area contributed by atoms with Crippen molar-refractivity contribution in [3.63, 3.8) is 0 Å². The summed E-state index contributed by atoms with van der Waals surface area (Å²) in [7, 11) is 0. The highest BCUT2D eigenvalue weighted by Gasteiger charge is 2.18. The van der Waals surface area contributed by atoms with Crippen LogP contribution < -0.4 is 5.32 Å². The maximum absolute atomic E-state index is 10.1. The highest BCUT2D eigenvalue weighted by molar-refractivity contribution is 7.21. The summed E-state index contributed by atoms with van der Waals surface area (Å²) < 4.78 is 0. The van der Waals surface area contributed by atoms with E-state index in [1.807, 2.05) is 32.0 Å². The van der Waals surface area contributed by atoms with E-state index in [4.69, 9.17) is 0 Å². The fraction of sp³-hybridized carbons (Fsp3) is 0.294. The van der Waals surface area contributed by atoms with Gasteiger partial charge in [0, 0.05) is 11.4 Å². The number of benzene rings is 1. The molecule has 2 heterocycles. The van der Waals surface area contributed by atoms with Crippen LogP contribution in [0.4, 0.5) is 5.82 Å². The van der Waals surface area contributed by atoms with E-state index in [0.717, 1.165) is 16.0 Å². The number of fused-ring (bicyclic) bond motifs is 1. The van der Waals surface area contributed by atoms with Gasteiger partial charge in [0.05, 0.1) is 11.0 Å². The highest BCUT2D eigenvalue weighted by Crippen LogP contribution is 2.34. The van der Waals surface area contributed by atoms with Crippen molar-refractivity contribution in [3.05, 3.63) is 42.7 Å². The molecule has 2 N–H and O–H groups in total. The molecule has 5 heteroatoms. The van der Waals surface area contributed by atoms with Gasteiger partial charge in [0.25, 0.3) is 0 Å². The summed E-state index contributed by atoms with van der Waals surface area (Å²) >= 11 is 1.65. The summed E-state index contributed by atoms with van der Waals surface area (Å²) in [4.78, 5) is 10.8. The fourth-order valence-corrected chi connectivity index (χ4v) is 3.14. The summed E-state index contributed by atoms with van der Waals surface area (Å²) in [6, 6.07) is 12.4. The molecule has 114 valence electrons. The van der Waals surface area contributed by atoms with E-state index in [1.165, 1.54) is 10.4 Å². The van der Waals surface area contributed by atoms with Gasteiger partial charge in [-0.3, -0.25) is 0 Å². The quantitative estimate of drug-likeness (QED) is 0.749. The molecule has 22 heavy (non-hydrogen) atoms. The van der Waals surface area contributed by atoms with Gasteiger partial charge in [-0.2, -0.15) is 0 Å². The number of aromatic nitrogens is 2. The molecule has 0 fully saturated rings. The van der Waals surface area contributed by atoms with Crippen molar-refractivity contribution in [1.82, 2.24) is 9.97 Å². The van der Waals surface area contributed by atoms with Gasteiger partial charge >= 0.3 is 0 Å². The predicted molar refractivity (Wildman–Crippen MR) is 92.3 cm³/mol. The van der Waals surface area contributed by atoms with Crippen molar-refractivity contribution in [2.24, 2.45) is 0 Å². The first-order valence-corrected chi connectivity index (χ1v) is 8.17. The summed E-state index contributed by atoms with van der Waals surface area (Å²) in [6.45, 7) is 4.25. The van der Waals surface area contributed by atoms with Crippen LogP contribution in [0.25, 0.3) is 20.7 Å². The number of nitrogens with zero attached hydrogens (tertiary/aromatic N) is 2. The molecule has 3 rings (SSSR count). The van der Waals surface area contributed by atoms with Crippen molar-refractivity contribution >= 4 is 27.4 Å². The lowest BCUT2D eigenvalue weighted by atomic mass is 10.0. The summed E-state index contributed by atoms with van der Waals surface area (Å²) in [5.74, 6) is 0.775. The molecule has 4 nitrogen and oxygen atoms in total. The van der Waals surface area contributed by atoms with Crippen LogP contribution in [0.15, 0.2) is 42.7 Å². The van der Waals surface area contributed by atoms with E-state index in [9.17, 15) is 5.11 Å². The van der Waals surface area contributed by atoms with Gasteiger partial charge in [-0.1, -0.05) is 37.3 Å². The van der Waals surface area contributed by atoms with Crippen LogP contribution in [-0.2, 0) is 0 Å². The van der Waals surface area contributed by atoms with Crippen LogP contribution in [0.2, 0.25) is 0 Å². The third-order valence-corrected chi connectivity index (χ3v) is 4.88. The predicted octanol–water partition coefficient (Wildman–Crippen LogP) is 3.93. The maximum atomic E-state index is 10.1. The van der Waals surface area contributed by atoms with Crippen molar-refractivity contribution in [2.75, 3.05) is 11.9 Å². The molecular formula is C17H19N3OS. The second-order valence-electron chi connectivity index (χ2n) is 5.62. The van der Waals surface area contributed by atoms with Crippen molar-refractivity contribution in [1.29, 1.82) is 0 Å². The van der Waals surface area contributed by atoms with Crippen molar-refractivity contribution < 1.29 is 5.11 Å². The molecule has 0 radical (unpaired) electrons. The van der Waals surface area contributed by atoms with Crippen LogP contribution in [-0.4, -0.2) is 27.2 Å². The SMILES string of the molecule is CCC(C)(O)CNc1ncnc2sc(-c3ccccc3)cc12. The molecule has 0 saturated carbocycles. The zero-order chi connectivity index (χ0) is 15.6. The molecule has 1 unspecified atom stereocenters. The lowest BCUT2D eigenvalue weighted by molar-refractivity contribution is 0.0697. The van der Waals surface area contributed by atoms with Gasteiger partial charge in [0.1, 0.15) is 17.0 Å². The normalized spacial score (nSPS) is 14.0. The third kappa shape index (κ3) is 3.10. The monoisotopic (exact) mass is 313 g/mol. The molecule has 1 aromatic carbocycles. The van der Waals surface area contributed by atoms with Gasteiger partial charge in [0.2, 0.25) is 0 Å². The molecule has 0 spiro atoms. The molecule has 0 aliphatic heterocycles. The van der Waals surface area contributed by atoms with Crippen molar-refractivity contribution in [2.45, 2.75) is 25.9 Å². The first-order chi connectivity index (χ1) is 10.6. The number of nitrogens with one attached hydrogen (secondary N) is 1. The van der Waals surface area contributed by atoms with Crippen molar-refractivity contribution in [3.8, 4) is 10.4 Å². The standard InChI is InChI=1S/C17H19N3OS/c1-3-17(2,21)10-18-15-13-9-14(12-7-5-4-6-8-12)22-16(13)20-11-19-15/h4-9,11,21H,3,10H2,1-2H3,(H,18,19,20). The Morgan fingerprint density at radius 3 is 2.73 bits per heavy atom. The topological polar surface area (TPSA) is 58.0 Å². The van der Waals surface area contributed by atoms with E-state index < -0.39 is 5.60 Å². The first kappa shape index (κ1) is 14.9. The number of hydrogen-bond acceptors (Lipinski definition) is 5. The molecular weight excluding hydrogens is 294 g/mol. The van der Waals surface area contributed by atoms with Crippen LogP contribution in [0.5, 0.6) is 0 Å². The Hall–Kier alpha value is -1.98. The summed E-state index contributed by atoms with van der Waals surface area (Å²) in [6.07, 6.45) is 2.25. The Balaban J connectivity index is 1.94. The largest absolute Gasteiger partial charge is 0.388 e. The fourth-order valence-electron chi connectivity index (χ4n) is 2.14. The average Bonchev–Trinajstić information content (AvgIpc) is 2.98. The number of rotatable bonds is 5. The highest BCUT2D eigenvalue weighted by atomic mass is 32.1. The molecule has 3 aromatic rings. The lowest BCUT2D eigenvalue weighted by Crippen LogP contribution is -2.32. The average molecular weight is 313 g/mol. The molecule has 0 saturated heterocycles. The Morgan fingerprint density at radius 2 is 2.00 bits per heavy atom. The molecule has 0 aliphatic rings. The maximum Gasteiger partial charge on any atom is 0.138 e. The Bertz CT molecular complexity index is 768. The smallest absolute Gasteiger partial charge is 0.138 e. The molecule has 0 aliphatic carbocycles. The van der Waals surface area contributed by atoms with E-state index in [1.54, 1.807) is 17.7 Å². The summed E-state index contributed by atoms with van der Waals surface area (Å²) in [5, 5.41) is 14.4. The van der Waals surface area contributed by atoms with Crippen LogP contribution >= 0.6 is 11.3 Å².